The Hall–Kier alpha value is -0.300. The Morgan fingerprint density at radius 2 is 1.60 bits per heavy atom. The molecule has 0 unspecified atom stereocenters. The fraction of sp³-hybridized carbons (Fsp3) is 0.778. The van der Waals surface area contributed by atoms with Gasteiger partial charge in [-0.15, -0.1) is 13.2 Å². The normalized spacial score (nSPS) is 19.3. The Balaban J connectivity index is 0.000000371. The predicted molar refractivity (Wildman–Crippen MR) is 44.9 cm³/mol. The van der Waals surface area contributed by atoms with E-state index in [4.69, 9.17) is 5.11 Å². The number of aliphatic hydroxyl groups excluding tert-OH is 1. The van der Waals surface area contributed by atoms with Gasteiger partial charge in [0, 0.05) is 6.61 Å². The topological polar surface area (TPSA) is 20.2 Å². The van der Waals surface area contributed by atoms with Crippen LogP contribution >= 0.6 is 0 Å². The van der Waals surface area contributed by atoms with Crippen molar-refractivity contribution in [2.45, 2.75) is 32.1 Å². The van der Waals surface area contributed by atoms with Gasteiger partial charge >= 0.3 is 0 Å². The molecule has 0 aromatic carbocycles. The van der Waals surface area contributed by atoms with E-state index < -0.39 is 0 Å². The second-order valence-electron chi connectivity index (χ2n) is 2.69. The molecule has 1 rings (SSSR count). The van der Waals surface area contributed by atoms with E-state index in [-0.39, 0.29) is 0 Å². The highest BCUT2D eigenvalue weighted by Crippen LogP contribution is 2.22. The second kappa shape index (κ2) is 6.81. The minimum atomic E-state index is 0.417. The molecule has 1 saturated carbocycles. The summed E-state index contributed by atoms with van der Waals surface area (Å²) in [5.74, 6) is 0.642. The van der Waals surface area contributed by atoms with Crippen molar-refractivity contribution < 1.29 is 5.11 Å². The molecular weight excluding hydrogens is 124 g/mol. The van der Waals surface area contributed by atoms with Crippen LogP contribution in [0.2, 0.25) is 0 Å². The molecule has 10 heavy (non-hydrogen) atoms. The van der Waals surface area contributed by atoms with E-state index in [9.17, 15) is 0 Å². The lowest BCUT2D eigenvalue weighted by atomic mass is 9.90. The summed E-state index contributed by atoms with van der Waals surface area (Å²) in [5.41, 5.74) is 0. The number of hydrogen-bond acceptors (Lipinski definition) is 1. The minimum absolute atomic E-state index is 0.417. The van der Waals surface area contributed by atoms with Crippen molar-refractivity contribution in [1.29, 1.82) is 0 Å². The van der Waals surface area contributed by atoms with Gasteiger partial charge in [-0.25, -0.2) is 0 Å². The molecule has 0 aromatic heterocycles. The van der Waals surface area contributed by atoms with E-state index in [1.54, 1.807) is 0 Å². The standard InChI is InChI=1S/C7H14O.C2H4/c8-6-7-4-2-1-3-5-7;1-2/h7-8H,1-6H2;1-2H2. The van der Waals surface area contributed by atoms with Crippen molar-refractivity contribution in [2.24, 2.45) is 5.92 Å². The third-order valence-electron chi connectivity index (χ3n) is 1.98. The maximum atomic E-state index is 8.69. The lowest BCUT2D eigenvalue weighted by Crippen LogP contribution is -2.09. The number of hydrogen-bond donors (Lipinski definition) is 1. The van der Waals surface area contributed by atoms with E-state index in [1.807, 2.05) is 0 Å². The first-order valence-corrected chi connectivity index (χ1v) is 4.04. The number of rotatable bonds is 1. The first-order chi connectivity index (χ1) is 4.93. The van der Waals surface area contributed by atoms with Crippen LogP contribution in [0, 0.1) is 5.92 Å². The van der Waals surface area contributed by atoms with Gasteiger partial charge in [-0.05, 0) is 18.8 Å². The smallest absolute Gasteiger partial charge is 0.0459 e. The van der Waals surface area contributed by atoms with E-state index in [0.717, 1.165) is 0 Å². The molecule has 1 heteroatoms. The summed E-state index contributed by atoms with van der Waals surface area (Å²) < 4.78 is 0. The molecule has 0 radical (unpaired) electrons. The summed E-state index contributed by atoms with van der Waals surface area (Å²) in [4.78, 5) is 0. The van der Waals surface area contributed by atoms with Crippen LogP contribution in [0.25, 0.3) is 0 Å². The van der Waals surface area contributed by atoms with Gasteiger partial charge in [0.1, 0.15) is 0 Å². The molecule has 0 bridgehead atoms. The molecule has 0 amide bonds. The fourth-order valence-corrected chi connectivity index (χ4v) is 1.37. The first kappa shape index (κ1) is 9.70. The zero-order chi connectivity index (χ0) is 7.82. The molecule has 0 atom stereocenters. The van der Waals surface area contributed by atoms with Gasteiger partial charge in [0.2, 0.25) is 0 Å². The van der Waals surface area contributed by atoms with E-state index in [0.29, 0.717) is 12.5 Å². The maximum Gasteiger partial charge on any atom is 0.0459 e. The van der Waals surface area contributed by atoms with Gasteiger partial charge in [0.05, 0.1) is 0 Å². The highest BCUT2D eigenvalue weighted by atomic mass is 16.3. The van der Waals surface area contributed by atoms with Crippen molar-refractivity contribution in [2.75, 3.05) is 6.61 Å². The monoisotopic (exact) mass is 142 g/mol. The SMILES string of the molecule is C=C.OCC1CCCCC1. The van der Waals surface area contributed by atoms with Crippen LogP contribution in [0.3, 0.4) is 0 Å². The van der Waals surface area contributed by atoms with Crippen molar-refractivity contribution in [1.82, 2.24) is 0 Å². The predicted octanol–water partition coefficient (Wildman–Crippen LogP) is 2.36. The summed E-state index contributed by atoms with van der Waals surface area (Å²) in [5, 5.41) is 8.69. The zero-order valence-corrected chi connectivity index (χ0v) is 6.68. The van der Waals surface area contributed by atoms with Crippen LogP contribution in [-0.2, 0) is 0 Å². The maximum absolute atomic E-state index is 8.69. The Bertz CT molecular complexity index is 65.1. The van der Waals surface area contributed by atoms with Crippen LogP contribution < -0.4 is 0 Å². The molecule has 60 valence electrons. The molecule has 0 spiro atoms. The number of aliphatic hydroxyl groups is 1. The van der Waals surface area contributed by atoms with E-state index >= 15 is 0 Å². The van der Waals surface area contributed by atoms with Crippen LogP contribution in [0.1, 0.15) is 32.1 Å². The Morgan fingerprint density at radius 1 is 1.10 bits per heavy atom. The van der Waals surface area contributed by atoms with E-state index in [1.165, 1.54) is 32.1 Å². The molecule has 1 N–H and O–H groups in total. The summed E-state index contributed by atoms with van der Waals surface area (Å²) in [7, 11) is 0. The van der Waals surface area contributed by atoms with Crippen LogP contribution in [0.15, 0.2) is 13.2 Å². The minimum Gasteiger partial charge on any atom is -0.396 e. The molecule has 1 fully saturated rings. The van der Waals surface area contributed by atoms with Gasteiger partial charge in [0.15, 0.2) is 0 Å². The van der Waals surface area contributed by atoms with Crippen molar-refractivity contribution in [3.63, 3.8) is 0 Å². The molecule has 1 nitrogen and oxygen atoms in total. The fourth-order valence-electron chi connectivity index (χ4n) is 1.37. The van der Waals surface area contributed by atoms with E-state index in [2.05, 4.69) is 13.2 Å². The lowest BCUT2D eigenvalue weighted by Gasteiger charge is -2.18. The van der Waals surface area contributed by atoms with Gasteiger partial charge in [-0.3, -0.25) is 0 Å². The quantitative estimate of drug-likeness (QED) is 0.557. The largest absolute Gasteiger partial charge is 0.396 e. The van der Waals surface area contributed by atoms with Gasteiger partial charge < -0.3 is 5.11 Å². The molecule has 1 aliphatic carbocycles. The first-order valence-electron chi connectivity index (χ1n) is 4.04. The van der Waals surface area contributed by atoms with Crippen LogP contribution in [0.5, 0.6) is 0 Å². The molecule has 0 saturated heterocycles. The molecule has 0 aromatic rings. The second-order valence-corrected chi connectivity index (χ2v) is 2.69. The Kier molecular flexibility index (Phi) is 6.61. The lowest BCUT2D eigenvalue weighted by molar-refractivity contribution is 0.190. The molecular formula is C9H18O. The Labute approximate surface area is 63.8 Å². The molecule has 0 aliphatic heterocycles. The summed E-state index contributed by atoms with van der Waals surface area (Å²) >= 11 is 0. The van der Waals surface area contributed by atoms with Gasteiger partial charge in [-0.1, -0.05) is 19.3 Å². The third-order valence-corrected chi connectivity index (χ3v) is 1.98. The van der Waals surface area contributed by atoms with Crippen LogP contribution in [-0.4, -0.2) is 11.7 Å². The van der Waals surface area contributed by atoms with Crippen molar-refractivity contribution in [3.05, 3.63) is 13.2 Å². The highest BCUT2D eigenvalue weighted by molar-refractivity contribution is 4.63. The molecule has 1 aliphatic rings. The third kappa shape index (κ3) is 3.67. The highest BCUT2D eigenvalue weighted by Gasteiger charge is 2.10. The summed E-state index contributed by atoms with van der Waals surface area (Å²) in [6.45, 7) is 6.42. The zero-order valence-electron chi connectivity index (χ0n) is 6.68. The Morgan fingerprint density at radius 3 is 1.90 bits per heavy atom. The van der Waals surface area contributed by atoms with Crippen molar-refractivity contribution >= 4 is 0 Å². The van der Waals surface area contributed by atoms with Gasteiger partial charge in [0.25, 0.3) is 0 Å². The van der Waals surface area contributed by atoms with Gasteiger partial charge in [-0.2, -0.15) is 0 Å². The van der Waals surface area contributed by atoms with Crippen LogP contribution in [0.4, 0.5) is 0 Å². The summed E-state index contributed by atoms with van der Waals surface area (Å²) in [6.07, 6.45) is 6.58. The summed E-state index contributed by atoms with van der Waals surface area (Å²) in [6, 6.07) is 0. The molecule has 0 heterocycles. The average Bonchev–Trinajstić information content (AvgIpc) is 2.10. The average molecular weight is 142 g/mol. The van der Waals surface area contributed by atoms with Crippen molar-refractivity contribution in [3.8, 4) is 0 Å².